The van der Waals surface area contributed by atoms with Crippen molar-refractivity contribution >= 4 is 23.6 Å². The summed E-state index contributed by atoms with van der Waals surface area (Å²) in [4.78, 5) is 28.9. The lowest BCUT2D eigenvalue weighted by molar-refractivity contribution is -0.139. The van der Waals surface area contributed by atoms with Crippen LogP contribution in [0.3, 0.4) is 0 Å². The molecule has 2 aromatic rings. The van der Waals surface area contributed by atoms with Crippen LogP contribution in [0.1, 0.15) is 49.8 Å². The molecule has 2 amide bonds. The topological polar surface area (TPSA) is 49.4 Å². The van der Waals surface area contributed by atoms with E-state index >= 15 is 0 Å². The maximum atomic E-state index is 13.2. The van der Waals surface area contributed by atoms with Crippen LogP contribution in [-0.4, -0.2) is 35.1 Å². The Hall–Kier alpha value is -2.27. The minimum atomic E-state index is -0.464. The molecule has 4 nitrogen and oxygen atoms in total. The highest BCUT2D eigenvalue weighted by molar-refractivity contribution is 8.00. The quantitative estimate of drug-likeness (QED) is 0.401. The first kappa shape index (κ1) is 24.0. The van der Waals surface area contributed by atoms with Crippen molar-refractivity contribution < 1.29 is 9.59 Å². The lowest BCUT2D eigenvalue weighted by atomic mass is 10.1. The summed E-state index contributed by atoms with van der Waals surface area (Å²) in [5, 5.41) is 3.01. The molecule has 0 heterocycles. The average Bonchev–Trinajstić information content (AvgIpc) is 2.74. The molecule has 0 radical (unpaired) electrons. The third-order valence-electron chi connectivity index (χ3n) is 5.07. The minimum absolute atomic E-state index is 0.0151. The Balaban J connectivity index is 2.15. The van der Waals surface area contributed by atoms with Gasteiger partial charge in [0.15, 0.2) is 0 Å². The van der Waals surface area contributed by atoms with Gasteiger partial charge in [-0.05, 0) is 44.4 Å². The smallest absolute Gasteiger partial charge is 0.242 e. The fraction of sp³-hybridized carbons (Fsp3) is 0.440. The van der Waals surface area contributed by atoms with Crippen molar-refractivity contribution in [3.63, 3.8) is 0 Å². The third-order valence-corrected chi connectivity index (χ3v) is 6.07. The Kier molecular flexibility index (Phi) is 9.95. The molecule has 0 saturated heterocycles. The van der Waals surface area contributed by atoms with Crippen molar-refractivity contribution in [1.82, 2.24) is 10.2 Å². The van der Waals surface area contributed by atoms with Crippen LogP contribution in [-0.2, 0) is 16.1 Å². The molecule has 5 heteroatoms. The van der Waals surface area contributed by atoms with Crippen LogP contribution in [0.2, 0.25) is 0 Å². The fourth-order valence-electron chi connectivity index (χ4n) is 3.18. The van der Waals surface area contributed by atoms with Crippen LogP contribution in [0.15, 0.2) is 53.4 Å². The van der Waals surface area contributed by atoms with Gasteiger partial charge in [-0.25, -0.2) is 0 Å². The van der Waals surface area contributed by atoms with Crippen molar-refractivity contribution in [3.05, 3.63) is 65.2 Å². The summed E-state index contributed by atoms with van der Waals surface area (Å²) in [6.45, 7) is 9.24. The number of aryl methyl sites for hydroxylation is 2. The van der Waals surface area contributed by atoms with Gasteiger partial charge in [0.25, 0.3) is 0 Å². The lowest BCUT2D eigenvalue weighted by Gasteiger charge is -2.30. The summed E-state index contributed by atoms with van der Waals surface area (Å²) in [6.07, 6.45) is 2.55. The summed E-state index contributed by atoms with van der Waals surface area (Å²) in [5.74, 6) is 0.235. The predicted molar refractivity (Wildman–Crippen MR) is 126 cm³/mol. The van der Waals surface area contributed by atoms with E-state index in [0.29, 0.717) is 25.3 Å². The van der Waals surface area contributed by atoms with Gasteiger partial charge < -0.3 is 10.2 Å². The number of nitrogens with zero attached hydrogens (tertiary/aromatic N) is 1. The first-order chi connectivity index (χ1) is 14.4. The van der Waals surface area contributed by atoms with Crippen molar-refractivity contribution in [2.45, 2.75) is 64.4 Å². The van der Waals surface area contributed by atoms with E-state index in [9.17, 15) is 9.59 Å². The van der Waals surface area contributed by atoms with E-state index in [1.54, 1.807) is 4.90 Å². The van der Waals surface area contributed by atoms with E-state index in [4.69, 9.17) is 0 Å². The molecule has 2 rings (SSSR count). The normalized spacial score (nSPS) is 11.7. The summed E-state index contributed by atoms with van der Waals surface area (Å²) < 4.78 is 0. The second-order valence-corrected chi connectivity index (χ2v) is 8.73. The van der Waals surface area contributed by atoms with Crippen LogP contribution >= 0.6 is 11.8 Å². The number of hydrogen-bond acceptors (Lipinski definition) is 3. The molecule has 0 aliphatic heterocycles. The predicted octanol–water partition coefficient (Wildman–Crippen LogP) is 5.12. The molecule has 1 N–H and O–H groups in total. The highest BCUT2D eigenvalue weighted by Gasteiger charge is 2.28. The summed E-state index contributed by atoms with van der Waals surface area (Å²) in [5.41, 5.74) is 3.41. The summed E-state index contributed by atoms with van der Waals surface area (Å²) >= 11 is 1.52. The lowest BCUT2D eigenvalue weighted by Crippen LogP contribution is -2.49. The Bertz CT molecular complexity index is 803. The number of benzene rings is 2. The van der Waals surface area contributed by atoms with E-state index < -0.39 is 6.04 Å². The monoisotopic (exact) mass is 426 g/mol. The number of nitrogens with one attached hydrogen (secondary N) is 1. The highest BCUT2D eigenvalue weighted by atomic mass is 32.2. The Labute approximate surface area is 185 Å². The Morgan fingerprint density at radius 2 is 1.57 bits per heavy atom. The Morgan fingerprint density at radius 3 is 2.13 bits per heavy atom. The van der Waals surface area contributed by atoms with E-state index in [0.717, 1.165) is 23.3 Å². The molecule has 1 unspecified atom stereocenters. The van der Waals surface area contributed by atoms with Crippen LogP contribution in [0.4, 0.5) is 0 Å². The molecule has 0 bridgehead atoms. The number of thioether (sulfide) groups is 1. The number of carbonyl (C=O) groups excluding carboxylic acids is 2. The van der Waals surface area contributed by atoms with E-state index in [2.05, 4.69) is 12.2 Å². The second kappa shape index (κ2) is 12.4. The first-order valence-electron chi connectivity index (χ1n) is 10.8. The van der Waals surface area contributed by atoms with Gasteiger partial charge in [0.05, 0.1) is 5.75 Å². The molecule has 0 aliphatic rings. The molecule has 0 spiro atoms. The van der Waals surface area contributed by atoms with E-state index in [1.807, 2.05) is 69.3 Å². The maximum absolute atomic E-state index is 13.2. The fourth-order valence-corrected chi connectivity index (χ4v) is 3.96. The molecular formula is C25H34N2O2S. The van der Waals surface area contributed by atoms with Gasteiger partial charge in [0, 0.05) is 18.0 Å². The molecule has 162 valence electrons. The maximum Gasteiger partial charge on any atom is 0.242 e. The minimum Gasteiger partial charge on any atom is -0.354 e. The van der Waals surface area contributed by atoms with E-state index in [1.165, 1.54) is 22.9 Å². The number of rotatable bonds is 11. The van der Waals surface area contributed by atoms with Crippen molar-refractivity contribution in [1.29, 1.82) is 0 Å². The van der Waals surface area contributed by atoms with Crippen LogP contribution in [0.25, 0.3) is 0 Å². The van der Waals surface area contributed by atoms with Crippen LogP contribution < -0.4 is 5.32 Å². The molecule has 0 aliphatic carbocycles. The molecule has 30 heavy (non-hydrogen) atoms. The number of amides is 2. The highest BCUT2D eigenvalue weighted by Crippen LogP contribution is 2.21. The molecule has 0 fully saturated rings. The summed E-state index contributed by atoms with van der Waals surface area (Å²) in [6, 6.07) is 15.9. The van der Waals surface area contributed by atoms with Crippen molar-refractivity contribution in [3.8, 4) is 0 Å². The third kappa shape index (κ3) is 7.52. The number of carbonyl (C=O) groups is 2. The van der Waals surface area contributed by atoms with Gasteiger partial charge in [0.1, 0.15) is 6.04 Å². The molecule has 0 aromatic heterocycles. The molecule has 2 aromatic carbocycles. The zero-order chi connectivity index (χ0) is 21.9. The SMILES string of the molecule is CCCCNC(=O)C(CC)N(Cc1ccc(C)cc1)C(=O)CSc1ccc(C)cc1. The first-order valence-corrected chi connectivity index (χ1v) is 11.7. The standard InChI is InChI=1S/C25H34N2O2S/c1-5-7-16-26-25(29)23(6-2)27(17-21-12-8-19(3)9-13-21)24(28)18-30-22-14-10-20(4)11-15-22/h8-15,23H,5-7,16-18H2,1-4H3,(H,26,29). The van der Waals surface area contributed by atoms with Gasteiger partial charge >= 0.3 is 0 Å². The van der Waals surface area contributed by atoms with Gasteiger partial charge in [-0.2, -0.15) is 0 Å². The van der Waals surface area contributed by atoms with Crippen molar-refractivity contribution in [2.75, 3.05) is 12.3 Å². The van der Waals surface area contributed by atoms with Gasteiger partial charge in [-0.3, -0.25) is 9.59 Å². The van der Waals surface area contributed by atoms with Gasteiger partial charge in [-0.15, -0.1) is 11.8 Å². The molecule has 1 atom stereocenters. The zero-order valence-corrected chi connectivity index (χ0v) is 19.4. The van der Waals surface area contributed by atoms with Crippen molar-refractivity contribution in [2.24, 2.45) is 0 Å². The summed E-state index contributed by atoms with van der Waals surface area (Å²) in [7, 11) is 0. The second-order valence-electron chi connectivity index (χ2n) is 7.68. The van der Waals surface area contributed by atoms with Crippen LogP contribution in [0, 0.1) is 13.8 Å². The number of hydrogen-bond donors (Lipinski definition) is 1. The average molecular weight is 427 g/mol. The largest absolute Gasteiger partial charge is 0.354 e. The number of unbranched alkanes of at least 4 members (excludes halogenated alkanes) is 1. The molecular weight excluding hydrogens is 392 g/mol. The molecule has 0 saturated carbocycles. The zero-order valence-electron chi connectivity index (χ0n) is 18.6. The van der Waals surface area contributed by atoms with Gasteiger partial charge in [-0.1, -0.05) is 67.8 Å². The Morgan fingerprint density at radius 1 is 0.967 bits per heavy atom. The van der Waals surface area contributed by atoms with Gasteiger partial charge in [0.2, 0.25) is 11.8 Å². The van der Waals surface area contributed by atoms with E-state index in [-0.39, 0.29) is 11.8 Å². The van der Waals surface area contributed by atoms with Crippen LogP contribution in [0.5, 0.6) is 0 Å².